The number of aromatic nitrogens is 3. The summed E-state index contributed by atoms with van der Waals surface area (Å²) in [4.78, 5) is 21.5. The molecule has 144 valence electrons. The fourth-order valence-corrected chi connectivity index (χ4v) is 3.40. The van der Waals surface area contributed by atoms with E-state index in [1.54, 1.807) is 9.58 Å². The number of rotatable bonds is 4. The van der Waals surface area contributed by atoms with Crippen molar-refractivity contribution in [2.45, 2.75) is 6.04 Å². The molecule has 0 saturated carbocycles. The Morgan fingerprint density at radius 2 is 1.75 bits per heavy atom. The Morgan fingerprint density at radius 3 is 2.43 bits per heavy atom. The lowest BCUT2D eigenvalue weighted by molar-refractivity contribution is 0.0411. The predicted octanol–water partition coefficient (Wildman–Crippen LogP) is 1.68. The highest BCUT2D eigenvalue weighted by Gasteiger charge is 2.30. The summed E-state index contributed by atoms with van der Waals surface area (Å²) in [6, 6.07) is 19.3. The quantitative estimate of drug-likeness (QED) is 0.749. The number of aliphatic hydroxyl groups is 1. The van der Waals surface area contributed by atoms with Crippen LogP contribution in [0.3, 0.4) is 0 Å². The Morgan fingerprint density at radius 1 is 1.07 bits per heavy atom. The summed E-state index contributed by atoms with van der Waals surface area (Å²) in [6.07, 6.45) is 0. The van der Waals surface area contributed by atoms with Gasteiger partial charge in [0.1, 0.15) is 0 Å². The minimum absolute atomic E-state index is 0.0153. The van der Waals surface area contributed by atoms with Gasteiger partial charge in [-0.1, -0.05) is 48.5 Å². The van der Waals surface area contributed by atoms with Gasteiger partial charge in [-0.05, 0) is 19.2 Å². The number of para-hydroxylation sites is 1. The third-order valence-corrected chi connectivity index (χ3v) is 5.11. The van der Waals surface area contributed by atoms with Crippen LogP contribution in [0.25, 0.3) is 17.1 Å². The van der Waals surface area contributed by atoms with E-state index in [9.17, 15) is 9.90 Å². The zero-order valence-corrected chi connectivity index (χ0v) is 15.8. The van der Waals surface area contributed by atoms with E-state index < -0.39 is 0 Å². The highest BCUT2D eigenvalue weighted by molar-refractivity contribution is 5.91. The summed E-state index contributed by atoms with van der Waals surface area (Å²) < 4.78 is 1.71. The fraction of sp³-hybridized carbons (Fsp3) is 0.286. The van der Waals surface area contributed by atoms with Gasteiger partial charge < -0.3 is 10.0 Å². The fourth-order valence-electron chi connectivity index (χ4n) is 3.40. The first-order valence-electron chi connectivity index (χ1n) is 9.35. The molecule has 1 saturated heterocycles. The summed E-state index contributed by atoms with van der Waals surface area (Å²) in [7, 11) is 1.96. The first kappa shape index (κ1) is 18.3. The molecule has 1 amide bonds. The normalized spacial score (nSPS) is 17.6. The molecule has 28 heavy (non-hydrogen) atoms. The zero-order valence-electron chi connectivity index (χ0n) is 15.8. The third kappa shape index (κ3) is 3.54. The van der Waals surface area contributed by atoms with Crippen molar-refractivity contribution >= 4 is 5.91 Å². The van der Waals surface area contributed by atoms with Crippen LogP contribution in [-0.2, 0) is 0 Å². The lowest BCUT2D eigenvalue weighted by Gasteiger charge is -2.38. The van der Waals surface area contributed by atoms with Gasteiger partial charge in [0.15, 0.2) is 5.82 Å². The summed E-state index contributed by atoms with van der Waals surface area (Å²) in [5.74, 6) is 0.588. The van der Waals surface area contributed by atoms with Crippen molar-refractivity contribution in [3.63, 3.8) is 0 Å². The number of hydrogen-bond acceptors (Lipinski definition) is 5. The molecule has 7 heteroatoms. The van der Waals surface area contributed by atoms with Crippen LogP contribution >= 0.6 is 0 Å². The van der Waals surface area contributed by atoms with Gasteiger partial charge in [0, 0.05) is 25.2 Å². The number of benzene rings is 2. The summed E-state index contributed by atoms with van der Waals surface area (Å²) in [5.41, 5.74) is 1.74. The van der Waals surface area contributed by atoms with Crippen LogP contribution in [0.5, 0.6) is 0 Å². The summed E-state index contributed by atoms with van der Waals surface area (Å²) in [5, 5.41) is 14.1. The SMILES string of the molecule is CN1CCN(C(=O)c2nc(-c3ccccc3)n(-c3ccccc3)n2)CC1CO. The van der Waals surface area contributed by atoms with Crippen LogP contribution in [0.1, 0.15) is 10.6 Å². The molecule has 2 aromatic carbocycles. The van der Waals surface area contributed by atoms with Crippen molar-refractivity contribution in [3.05, 3.63) is 66.5 Å². The maximum Gasteiger partial charge on any atom is 0.293 e. The number of carbonyl (C=O) groups excluding carboxylic acids is 1. The minimum atomic E-state index is -0.210. The zero-order chi connectivity index (χ0) is 19.5. The summed E-state index contributed by atoms with van der Waals surface area (Å²) >= 11 is 0. The van der Waals surface area contributed by atoms with E-state index in [0.717, 1.165) is 11.3 Å². The largest absolute Gasteiger partial charge is 0.395 e. The first-order valence-corrected chi connectivity index (χ1v) is 9.35. The number of likely N-dealkylation sites (N-methyl/N-ethyl adjacent to an activating group) is 1. The van der Waals surface area contributed by atoms with Gasteiger partial charge in [-0.15, -0.1) is 5.10 Å². The van der Waals surface area contributed by atoms with Crippen LogP contribution in [0, 0.1) is 0 Å². The van der Waals surface area contributed by atoms with E-state index in [1.165, 1.54) is 0 Å². The van der Waals surface area contributed by atoms with E-state index in [1.807, 2.05) is 67.7 Å². The third-order valence-electron chi connectivity index (χ3n) is 5.11. The van der Waals surface area contributed by atoms with Gasteiger partial charge in [0.25, 0.3) is 5.91 Å². The number of carbonyl (C=O) groups is 1. The van der Waals surface area contributed by atoms with Gasteiger partial charge in [0.2, 0.25) is 5.82 Å². The minimum Gasteiger partial charge on any atom is -0.395 e. The van der Waals surface area contributed by atoms with Crippen molar-refractivity contribution in [1.82, 2.24) is 24.6 Å². The van der Waals surface area contributed by atoms with Crippen LogP contribution in [0.15, 0.2) is 60.7 Å². The Labute approximate surface area is 163 Å². The van der Waals surface area contributed by atoms with Crippen molar-refractivity contribution in [1.29, 1.82) is 0 Å². The smallest absolute Gasteiger partial charge is 0.293 e. The molecule has 7 nitrogen and oxygen atoms in total. The molecule has 1 fully saturated rings. The molecule has 1 aromatic heterocycles. The molecule has 1 N–H and O–H groups in total. The first-order chi connectivity index (χ1) is 13.7. The van der Waals surface area contributed by atoms with Gasteiger partial charge in [-0.25, -0.2) is 9.67 Å². The Bertz CT molecular complexity index is 885. The topological polar surface area (TPSA) is 74.5 Å². The molecule has 1 aliphatic rings. The Kier molecular flexibility index (Phi) is 5.18. The Hall–Kier alpha value is -3.03. The summed E-state index contributed by atoms with van der Waals surface area (Å²) in [6.45, 7) is 1.78. The maximum atomic E-state index is 13.1. The molecule has 1 aliphatic heterocycles. The monoisotopic (exact) mass is 377 g/mol. The van der Waals surface area contributed by atoms with Crippen molar-refractivity contribution in [2.24, 2.45) is 0 Å². The van der Waals surface area contributed by atoms with E-state index in [4.69, 9.17) is 0 Å². The molecular formula is C21H23N5O2. The number of nitrogens with zero attached hydrogens (tertiary/aromatic N) is 5. The lowest BCUT2D eigenvalue weighted by atomic mass is 10.2. The molecule has 3 aromatic rings. The molecule has 4 rings (SSSR count). The molecular weight excluding hydrogens is 354 g/mol. The van der Waals surface area contributed by atoms with Crippen molar-refractivity contribution in [3.8, 4) is 17.1 Å². The van der Waals surface area contributed by atoms with Gasteiger partial charge >= 0.3 is 0 Å². The van der Waals surface area contributed by atoms with E-state index in [2.05, 4.69) is 15.0 Å². The molecule has 1 atom stereocenters. The molecule has 0 bridgehead atoms. The predicted molar refractivity (Wildman–Crippen MR) is 106 cm³/mol. The average Bonchev–Trinajstić information content (AvgIpc) is 3.20. The highest BCUT2D eigenvalue weighted by Crippen LogP contribution is 2.22. The maximum absolute atomic E-state index is 13.1. The molecule has 1 unspecified atom stereocenters. The van der Waals surface area contributed by atoms with E-state index in [0.29, 0.717) is 25.5 Å². The second-order valence-corrected chi connectivity index (χ2v) is 6.94. The lowest BCUT2D eigenvalue weighted by Crippen LogP contribution is -2.54. The number of piperazine rings is 1. The molecule has 0 spiro atoms. The second-order valence-electron chi connectivity index (χ2n) is 6.94. The van der Waals surface area contributed by atoms with Crippen molar-refractivity contribution < 1.29 is 9.90 Å². The molecule has 2 heterocycles. The van der Waals surface area contributed by atoms with Gasteiger partial charge in [-0.3, -0.25) is 9.69 Å². The Balaban J connectivity index is 1.70. The number of hydrogen-bond donors (Lipinski definition) is 1. The van der Waals surface area contributed by atoms with Crippen LogP contribution in [-0.4, -0.2) is 74.9 Å². The van der Waals surface area contributed by atoms with Crippen LogP contribution < -0.4 is 0 Å². The molecule has 0 radical (unpaired) electrons. The molecule has 0 aliphatic carbocycles. The standard InChI is InChI=1S/C21H23N5O2/c1-24-12-13-25(14-18(24)15-27)21(28)19-22-20(16-8-4-2-5-9-16)26(23-19)17-10-6-3-7-11-17/h2-11,18,27H,12-15H2,1H3. The second kappa shape index (κ2) is 7.92. The van der Waals surface area contributed by atoms with Crippen LogP contribution in [0.4, 0.5) is 0 Å². The highest BCUT2D eigenvalue weighted by atomic mass is 16.3. The number of aliphatic hydroxyl groups excluding tert-OH is 1. The van der Waals surface area contributed by atoms with E-state index in [-0.39, 0.29) is 24.4 Å². The average molecular weight is 377 g/mol. The van der Waals surface area contributed by atoms with Crippen molar-refractivity contribution in [2.75, 3.05) is 33.3 Å². The van der Waals surface area contributed by atoms with Gasteiger partial charge in [-0.2, -0.15) is 0 Å². The number of amides is 1. The van der Waals surface area contributed by atoms with Crippen LogP contribution in [0.2, 0.25) is 0 Å². The van der Waals surface area contributed by atoms with Gasteiger partial charge in [0.05, 0.1) is 18.3 Å². The van der Waals surface area contributed by atoms with E-state index >= 15 is 0 Å².